The lowest BCUT2D eigenvalue weighted by Crippen LogP contribution is -2.05. The first kappa shape index (κ1) is 13.3. The van der Waals surface area contributed by atoms with Crippen molar-refractivity contribution in [3.63, 3.8) is 0 Å². The van der Waals surface area contributed by atoms with E-state index in [4.69, 9.17) is 23.2 Å². The predicted molar refractivity (Wildman–Crippen MR) is 71.6 cm³/mol. The molecule has 0 fully saturated rings. The molecule has 0 atom stereocenters. The first-order chi connectivity index (χ1) is 8.49. The van der Waals surface area contributed by atoms with Gasteiger partial charge in [0.05, 0.1) is 10.6 Å². The Morgan fingerprint density at radius 1 is 1.17 bits per heavy atom. The summed E-state index contributed by atoms with van der Waals surface area (Å²) in [5.74, 6) is -0.172. The van der Waals surface area contributed by atoms with E-state index in [1.54, 1.807) is 18.2 Å². The molecule has 0 saturated carbocycles. The molecule has 2 aromatic rings. The smallest absolute Gasteiger partial charge is 0.184 e. The molecule has 0 aliphatic heterocycles. The lowest BCUT2D eigenvalue weighted by atomic mass is 10.2. The summed E-state index contributed by atoms with van der Waals surface area (Å²) >= 11 is 11.7. The van der Waals surface area contributed by atoms with Gasteiger partial charge >= 0.3 is 0 Å². The van der Waals surface area contributed by atoms with Gasteiger partial charge < -0.3 is 0 Å². The highest BCUT2D eigenvalue weighted by molar-refractivity contribution is 7.90. The van der Waals surface area contributed by atoms with Crippen LogP contribution in [0.25, 0.3) is 0 Å². The lowest BCUT2D eigenvalue weighted by molar-refractivity contribution is 0.595. The molecule has 0 amide bonds. The molecule has 0 aliphatic carbocycles. The number of halogens is 2. The summed E-state index contributed by atoms with van der Waals surface area (Å²) in [7, 11) is -3.44. The van der Waals surface area contributed by atoms with Crippen LogP contribution in [0.2, 0.25) is 10.0 Å². The third-order valence-corrected chi connectivity index (χ3v) is 4.59. The fraction of sp³-hybridized carbons (Fsp3) is 0.0833. The van der Waals surface area contributed by atoms with Crippen LogP contribution in [-0.4, -0.2) is 13.4 Å². The maximum Gasteiger partial charge on any atom is 0.184 e. The Hall–Kier alpha value is -1.10. The highest BCUT2D eigenvalue weighted by Crippen LogP contribution is 2.24. The van der Waals surface area contributed by atoms with E-state index in [-0.39, 0.29) is 10.6 Å². The van der Waals surface area contributed by atoms with E-state index >= 15 is 0 Å². The van der Waals surface area contributed by atoms with Gasteiger partial charge in [-0.2, -0.15) is 0 Å². The number of aromatic nitrogens is 1. The quantitative estimate of drug-likeness (QED) is 0.873. The van der Waals surface area contributed by atoms with Crippen molar-refractivity contribution in [2.75, 3.05) is 0 Å². The van der Waals surface area contributed by atoms with Gasteiger partial charge in [-0.25, -0.2) is 8.42 Å². The molecule has 0 radical (unpaired) electrons. The van der Waals surface area contributed by atoms with Crippen LogP contribution >= 0.6 is 23.2 Å². The molecular formula is C12H9Cl2NO2S. The summed E-state index contributed by atoms with van der Waals surface area (Å²) in [5, 5.41) is 0.817. The van der Waals surface area contributed by atoms with E-state index in [2.05, 4.69) is 4.98 Å². The Labute approximate surface area is 115 Å². The van der Waals surface area contributed by atoms with E-state index in [9.17, 15) is 8.42 Å². The molecule has 0 unspecified atom stereocenters. The Balaban J connectivity index is 2.34. The fourth-order valence-corrected chi connectivity index (χ4v) is 3.35. The number of sulfone groups is 1. The van der Waals surface area contributed by atoms with E-state index in [1.807, 2.05) is 0 Å². The zero-order valence-corrected chi connectivity index (χ0v) is 11.5. The Bertz CT molecular complexity index is 657. The summed E-state index contributed by atoms with van der Waals surface area (Å²) < 4.78 is 24.2. The molecule has 94 valence electrons. The summed E-state index contributed by atoms with van der Waals surface area (Å²) in [5.41, 5.74) is 0.518. The van der Waals surface area contributed by atoms with Gasteiger partial charge in [0.2, 0.25) is 0 Å². The van der Waals surface area contributed by atoms with Crippen LogP contribution < -0.4 is 0 Å². The van der Waals surface area contributed by atoms with Crippen LogP contribution in [0, 0.1) is 0 Å². The number of pyridine rings is 1. The van der Waals surface area contributed by atoms with E-state index < -0.39 is 9.84 Å². The minimum Gasteiger partial charge on any atom is -0.263 e. The molecule has 0 N–H and O–H groups in total. The second-order valence-corrected chi connectivity index (χ2v) is 6.52. The molecule has 3 nitrogen and oxygen atoms in total. The predicted octanol–water partition coefficient (Wildman–Crippen LogP) is 3.36. The number of benzene rings is 1. The number of hydrogen-bond donors (Lipinski definition) is 0. The topological polar surface area (TPSA) is 47.0 Å². The maximum atomic E-state index is 12.1. The molecule has 1 heterocycles. The van der Waals surface area contributed by atoms with Crippen LogP contribution in [0.1, 0.15) is 5.56 Å². The van der Waals surface area contributed by atoms with E-state index in [1.165, 1.54) is 24.5 Å². The van der Waals surface area contributed by atoms with E-state index in [0.29, 0.717) is 15.6 Å². The molecule has 6 heteroatoms. The van der Waals surface area contributed by atoms with Gasteiger partial charge in [-0.05, 0) is 29.8 Å². The molecule has 1 aromatic carbocycles. The van der Waals surface area contributed by atoms with Gasteiger partial charge in [-0.3, -0.25) is 4.98 Å². The second-order valence-electron chi connectivity index (χ2n) is 3.68. The van der Waals surface area contributed by atoms with E-state index in [0.717, 1.165) is 0 Å². The molecule has 2 rings (SSSR count). The summed E-state index contributed by atoms with van der Waals surface area (Å²) in [6.07, 6.45) is 2.84. The first-order valence-electron chi connectivity index (χ1n) is 5.06. The number of nitrogens with zero attached hydrogens (tertiary/aromatic N) is 1. The van der Waals surface area contributed by atoms with Crippen molar-refractivity contribution >= 4 is 33.0 Å². The van der Waals surface area contributed by atoms with Gasteiger partial charge in [0.25, 0.3) is 0 Å². The zero-order valence-electron chi connectivity index (χ0n) is 9.18. The highest BCUT2D eigenvalue weighted by atomic mass is 35.5. The molecular weight excluding hydrogens is 293 g/mol. The fourth-order valence-electron chi connectivity index (χ4n) is 1.46. The van der Waals surface area contributed by atoms with Gasteiger partial charge in [0.15, 0.2) is 9.84 Å². The third kappa shape index (κ3) is 3.02. The molecule has 1 aromatic heterocycles. The van der Waals surface area contributed by atoms with Crippen LogP contribution in [0.4, 0.5) is 0 Å². The van der Waals surface area contributed by atoms with Crippen LogP contribution in [0.15, 0.2) is 47.6 Å². The van der Waals surface area contributed by atoms with Gasteiger partial charge in [0, 0.05) is 22.4 Å². The van der Waals surface area contributed by atoms with Crippen LogP contribution in [0.5, 0.6) is 0 Å². The Morgan fingerprint density at radius 3 is 2.56 bits per heavy atom. The maximum absolute atomic E-state index is 12.1. The molecule has 0 saturated heterocycles. The van der Waals surface area contributed by atoms with Crippen LogP contribution in [-0.2, 0) is 15.6 Å². The Kier molecular flexibility index (Phi) is 3.90. The van der Waals surface area contributed by atoms with Crippen molar-refractivity contribution in [1.29, 1.82) is 0 Å². The number of rotatable bonds is 3. The molecule has 0 bridgehead atoms. The van der Waals surface area contributed by atoms with Crippen molar-refractivity contribution in [2.24, 2.45) is 0 Å². The van der Waals surface area contributed by atoms with Crippen molar-refractivity contribution in [3.05, 3.63) is 58.3 Å². The average Bonchev–Trinajstić information content (AvgIpc) is 2.34. The lowest BCUT2D eigenvalue weighted by Gasteiger charge is -2.06. The Morgan fingerprint density at radius 2 is 1.94 bits per heavy atom. The van der Waals surface area contributed by atoms with Crippen LogP contribution in [0.3, 0.4) is 0 Å². The first-order valence-corrected chi connectivity index (χ1v) is 7.46. The third-order valence-electron chi connectivity index (χ3n) is 2.35. The highest BCUT2D eigenvalue weighted by Gasteiger charge is 2.17. The van der Waals surface area contributed by atoms with Gasteiger partial charge in [-0.1, -0.05) is 29.3 Å². The monoisotopic (exact) mass is 301 g/mol. The minimum absolute atomic E-state index is 0.172. The SMILES string of the molecule is O=S(=O)(Cc1ccc(Cl)cc1Cl)c1cccnc1. The second kappa shape index (κ2) is 5.26. The van der Waals surface area contributed by atoms with Crippen molar-refractivity contribution in [3.8, 4) is 0 Å². The van der Waals surface area contributed by atoms with Gasteiger partial charge in [-0.15, -0.1) is 0 Å². The van der Waals surface area contributed by atoms with Crippen molar-refractivity contribution in [2.45, 2.75) is 10.6 Å². The molecule has 0 aliphatic rings. The minimum atomic E-state index is -3.44. The van der Waals surface area contributed by atoms with Crippen molar-refractivity contribution < 1.29 is 8.42 Å². The molecule has 0 spiro atoms. The van der Waals surface area contributed by atoms with Crippen molar-refractivity contribution in [1.82, 2.24) is 4.98 Å². The van der Waals surface area contributed by atoms with Gasteiger partial charge in [0.1, 0.15) is 0 Å². The summed E-state index contributed by atoms with van der Waals surface area (Å²) in [6, 6.07) is 7.83. The zero-order chi connectivity index (χ0) is 13.2. The molecule has 18 heavy (non-hydrogen) atoms. The summed E-state index contributed by atoms with van der Waals surface area (Å²) in [4.78, 5) is 3.97. The number of hydrogen-bond acceptors (Lipinski definition) is 3. The normalized spacial score (nSPS) is 11.4. The average molecular weight is 302 g/mol. The standard InChI is InChI=1S/C12H9Cl2NO2S/c13-10-4-3-9(12(14)6-10)8-18(16,17)11-2-1-5-15-7-11/h1-7H,8H2. The summed E-state index contributed by atoms with van der Waals surface area (Å²) in [6.45, 7) is 0. The largest absolute Gasteiger partial charge is 0.263 e.